The highest BCUT2D eigenvalue weighted by atomic mass is 32.1. The molecule has 4 aromatic rings. The first-order valence-electron chi connectivity index (χ1n) is 8.51. The maximum Gasteiger partial charge on any atom is 0.340 e. The predicted octanol–water partition coefficient (Wildman–Crippen LogP) is 4.41. The molecule has 0 aliphatic rings. The molecule has 0 saturated carbocycles. The highest BCUT2D eigenvalue weighted by Gasteiger charge is 2.17. The molecule has 0 radical (unpaired) electrons. The van der Waals surface area contributed by atoms with Crippen LogP contribution in [-0.2, 0) is 11.2 Å². The second-order valence-electron chi connectivity index (χ2n) is 6.64. The summed E-state index contributed by atoms with van der Waals surface area (Å²) >= 11 is 1.41. The standard InChI is InChI=1S/C20H18N2O4S/c1-9-8-25-16-7-17-14(5-13(9)16)10(2)15(19(24)26-17)6-18(23)22-20-21-11(3)12(4)27-20/h5,7-8H,6H2,1-4H3,(H,21,22,23). The number of anilines is 1. The Hall–Kier alpha value is -2.93. The number of thiazole rings is 1. The molecule has 3 aromatic heterocycles. The molecular weight excluding hydrogens is 364 g/mol. The monoisotopic (exact) mass is 382 g/mol. The Balaban J connectivity index is 1.72. The maximum absolute atomic E-state index is 12.5. The predicted molar refractivity (Wildman–Crippen MR) is 106 cm³/mol. The van der Waals surface area contributed by atoms with E-state index in [1.165, 1.54) is 11.3 Å². The van der Waals surface area contributed by atoms with Gasteiger partial charge in [-0.25, -0.2) is 9.78 Å². The van der Waals surface area contributed by atoms with Crippen molar-refractivity contribution >= 4 is 44.3 Å². The van der Waals surface area contributed by atoms with Crippen LogP contribution < -0.4 is 10.9 Å². The fourth-order valence-electron chi connectivity index (χ4n) is 3.09. The molecule has 0 saturated heterocycles. The highest BCUT2D eigenvalue weighted by Crippen LogP contribution is 2.29. The summed E-state index contributed by atoms with van der Waals surface area (Å²) in [5, 5.41) is 5.06. The number of carbonyl (C=O) groups excluding carboxylic acids is 1. The van der Waals surface area contributed by atoms with Crippen molar-refractivity contribution < 1.29 is 13.6 Å². The zero-order chi connectivity index (χ0) is 19.3. The van der Waals surface area contributed by atoms with Crippen molar-refractivity contribution in [2.45, 2.75) is 34.1 Å². The Morgan fingerprint density at radius 1 is 1.15 bits per heavy atom. The number of hydrogen-bond acceptors (Lipinski definition) is 6. The van der Waals surface area contributed by atoms with Gasteiger partial charge in [-0.1, -0.05) is 0 Å². The third kappa shape index (κ3) is 3.04. The molecule has 1 aromatic carbocycles. The van der Waals surface area contributed by atoms with Crippen molar-refractivity contribution in [3.05, 3.63) is 56.1 Å². The molecule has 0 fully saturated rings. The molecule has 0 spiro atoms. The Labute approximate surface area is 158 Å². The minimum Gasteiger partial charge on any atom is -0.464 e. The van der Waals surface area contributed by atoms with Crippen LogP contribution >= 0.6 is 11.3 Å². The van der Waals surface area contributed by atoms with Crippen molar-refractivity contribution in [1.82, 2.24) is 4.98 Å². The van der Waals surface area contributed by atoms with Gasteiger partial charge in [0.2, 0.25) is 5.91 Å². The van der Waals surface area contributed by atoms with Crippen LogP contribution in [0.5, 0.6) is 0 Å². The SMILES string of the molecule is Cc1nc(NC(=O)Cc2c(C)c3cc4c(C)coc4cc3oc2=O)sc1C. The third-order valence-corrected chi connectivity index (χ3v) is 5.78. The van der Waals surface area contributed by atoms with Crippen LogP contribution in [0.1, 0.15) is 27.3 Å². The number of benzene rings is 1. The van der Waals surface area contributed by atoms with E-state index in [2.05, 4.69) is 10.3 Å². The Morgan fingerprint density at radius 3 is 2.63 bits per heavy atom. The lowest BCUT2D eigenvalue weighted by atomic mass is 10.0. The average Bonchev–Trinajstić information content (AvgIpc) is 3.12. The van der Waals surface area contributed by atoms with Gasteiger partial charge in [0.05, 0.1) is 23.9 Å². The van der Waals surface area contributed by atoms with Crippen molar-refractivity contribution in [3.8, 4) is 0 Å². The number of fused-ring (bicyclic) bond motifs is 2. The normalized spacial score (nSPS) is 11.4. The van der Waals surface area contributed by atoms with Crippen LogP contribution in [0.25, 0.3) is 21.9 Å². The van der Waals surface area contributed by atoms with E-state index in [-0.39, 0.29) is 12.3 Å². The van der Waals surface area contributed by atoms with E-state index in [1.54, 1.807) is 12.3 Å². The van der Waals surface area contributed by atoms with E-state index < -0.39 is 5.63 Å². The number of rotatable bonds is 3. The van der Waals surface area contributed by atoms with Gasteiger partial charge in [-0.15, -0.1) is 11.3 Å². The van der Waals surface area contributed by atoms with Crippen molar-refractivity contribution in [1.29, 1.82) is 0 Å². The van der Waals surface area contributed by atoms with Gasteiger partial charge in [0, 0.05) is 21.7 Å². The molecule has 0 aliphatic heterocycles. The molecule has 7 heteroatoms. The first-order valence-corrected chi connectivity index (χ1v) is 9.33. The van der Waals surface area contributed by atoms with Crippen LogP contribution in [0.15, 0.2) is 32.0 Å². The lowest BCUT2D eigenvalue weighted by Crippen LogP contribution is -2.20. The van der Waals surface area contributed by atoms with Gasteiger partial charge in [-0.05, 0) is 44.9 Å². The minimum absolute atomic E-state index is 0.0653. The van der Waals surface area contributed by atoms with Gasteiger partial charge in [0.25, 0.3) is 0 Å². The molecule has 1 N–H and O–H groups in total. The number of aromatic nitrogens is 1. The van der Waals surface area contributed by atoms with E-state index in [9.17, 15) is 9.59 Å². The minimum atomic E-state index is -0.510. The highest BCUT2D eigenvalue weighted by molar-refractivity contribution is 7.15. The van der Waals surface area contributed by atoms with Gasteiger partial charge < -0.3 is 14.2 Å². The van der Waals surface area contributed by atoms with Crippen LogP contribution in [0.2, 0.25) is 0 Å². The molecule has 138 valence electrons. The zero-order valence-electron chi connectivity index (χ0n) is 15.4. The number of nitrogens with zero attached hydrogens (tertiary/aromatic N) is 1. The molecule has 0 bridgehead atoms. The Bertz CT molecular complexity index is 1240. The largest absolute Gasteiger partial charge is 0.464 e. The summed E-state index contributed by atoms with van der Waals surface area (Å²) in [5.74, 6) is -0.293. The number of hydrogen-bond donors (Lipinski definition) is 1. The number of aryl methyl sites for hydroxylation is 4. The first-order chi connectivity index (χ1) is 12.8. The van der Waals surface area contributed by atoms with Crippen LogP contribution in [0, 0.1) is 27.7 Å². The third-order valence-electron chi connectivity index (χ3n) is 4.79. The summed E-state index contributed by atoms with van der Waals surface area (Å²) in [6, 6.07) is 3.66. The van der Waals surface area contributed by atoms with Gasteiger partial charge in [0.1, 0.15) is 11.2 Å². The second-order valence-corrected chi connectivity index (χ2v) is 7.85. The summed E-state index contributed by atoms with van der Waals surface area (Å²) in [4.78, 5) is 30.2. The molecule has 27 heavy (non-hydrogen) atoms. The van der Waals surface area contributed by atoms with Crippen LogP contribution in [-0.4, -0.2) is 10.9 Å². The zero-order valence-corrected chi connectivity index (χ0v) is 16.2. The fraction of sp³-hybridized carbons (Fsp3) is 0.250. The summed E-state index contributed by atoms with van der Waals surface area (Å²) in [5.41, 5.74) is 3.60. The van der Waals surface area contributed by atoms with Gasteiger partial charge in [-0.2, -0.15) is 0 Å². The number of nitrogens with one attached hydrogen (secondary N) is 1. The van der Waals surface area contributed by atoms with E-state index in [0.29, 0.717) is 21.9 Å². The number of carbonyl (C=O) groups is 1. The molecule has 0 aliphatic carbocycles. The van der Waals surface area contributed by atoms with Crippen molar-refractivity contribution in [2.24, 2.45) is 0 Å². The van der Waals surface area contributed by atoms with E-state index in [0.717, 1.165) is 32.5 Å². The molecule has 3 heterocycles. The summed E-state index contributed by atoms with van der Waals surface area (Å²) in [6.07, 6.45) is 1.60. The number of amides is 1. The van der Waals surface area contributed by atoms with Crippen LogP contribution in [0.4, 0.5) is 5.13 Å². The maximum atomic E-state index is 12.5. The second kappa shape index (κ2) is 6.35. The summed E-state index contributed by atoms with van der Waals surface area (Å²) in [7, 11) is 0. The topological polar surface area (TPSA) is 85.3 Å². The van der Waals surface area contributed by atoms with E-state index >= 15 is 0 Å². The quantitative estimate of drug-likeness (QED) is 0.531. The van der Waals surface area contributed by atoms with Gasteiger partial charge in [-0.3, -0.25) is 4.79 Å². The smallest absolute Gasteiger partial charge is 0.340 e. The molecule has 6 nitrogen and oxygen atoms in total. The first kappa shape index (κ1) is 17.5. The lowest BCUT2D eigenvalue weighted by molar-refractivity contribution is -0.115. The molecular formula is C20H18N2O4S. The van der Waals surface area contributed by atoms with Gasteiger partial charge >= 0.3 is 5.63 Å². The molecule has 0 atom stereocenters. The van der Waals surface area contributed by atoms with Crippen molar-refractivity contribution in [2.75, 3.05) is 5.32 Å². The molecule has 1 amide bonds. The number of furan rings is 1. The van der Waals surface area contributed by atoms with E-state index in [4.69, 9.17) is 8.83 Å². The van der Waals surface area contributed by atoms with Crippen LogP contribution in [0.3, 0.4) is 0 Å². The van der Waals surface area contributed by atoms with E-state index in [1.807, 2.05) is 33.8 Å². The molecule has 0 unspecified atom stereocenters. The fourth-order valence-corrected chi connectivity index (χ4v) is 3.92. The summed E-state index contributed by atoms with van der Waals surface area (Å²) < 4.78 is 10.9. The van der Waals surface area contributed by atoms with Crippen molar-refractivity contribution in [3.63, 3.8) is 0 Å². The summed E-state index contributed by atoms with van der Waals surface area (Å²) in [6.45, 7) is 7.63. The Morgan fingerprint density at radius 2 is 1.93 bits per heavy atom. The lowest BCUT2D eigenvalue weighted by Gasteiger charge is -2.08. The Kier molecular flexibility index (Phi) is 4.11. The van der Waals surface area contributed by atoms with Gasteiger partial charge in [0.15, 0.2) is 5.13 Å². The average molecular weight is 382 g/mol. The molecule has 4 rings (SSSR count).